The summed E-state index contributed by atoms with van der Waals surface area (Å²) in [7, 11) is 0.296. The van der Waals surface area contributed by atoms with Crippen molar-refractivity contribution in [3.05, 3.63) is 23.8 Å². The van der Waals surface area contributed by atoms with E-state index in [1.54, 1.807) is 0 Å². The van der Waals surface area contributed by atoms with E-state index in [0.717, 1.165) is 12.1 Å². The summed E-state index contributed by atoms with van der Waals surface area (Å²) in [4.78, 5) is 48.2. The van der Waals surface area contributed by atoms with Gasteiger partial charge in [0.1, 0.15) is 6.10 Å². The van der Waals surface area contributed by atoms with Gasteiger partial charge in [-0.05, 0) is 59.2 Å². The highest BCUT2D eigenvalue weighted by atomic mass is 19.4. The maximum atomic E-state index is 13.7. The molecule has 1 rings (SSSR count). The molecule has 0 radical (unpaired) electrons. The number of hydrogen-bond acceptors (Lipinski definition) is 7. The van der Waals surface area contributed by atoms with E-state index in [2.05, 4.69) is 4.74 Å². The van der Waals surface area contributed by atoms with Gasteiger partial charge in [0.25, 0.3) is 0 Å². The first-order valence-corrected chi connectivity index (χ1v) is 11.9. The highest BCUT2D eigenvalue weighted by molar-refractivity contribution is 5.84. The van der Waals surface area contributed by atoms with Crippen LogP contribution in [0.3, 0.4) is 0 Å². The minimum Gasteiger partial charge on any atom is -0.451 e. The van der Waals surface area contributed by atoms with Crippen molar-refractivity contribution in [2.75, 3.05) is 13.6 Å². The molecule has 0 aliphatic heterocycles. The summed E-state index contributed by atoms with van der Waals surface area (Å²) < 4.78 is 145. The Bertz CT molecular complexity index is 1230. The molecule has 0 bridgehead atoms. The third-order valence-corrected chi connectivity index (χ3v) is 5.24. The van der Waals surface area contributed by atoms with E-state index in [1.165, 1.54) is 41.5 Å². The van der Waals surface area contributed by atoms with Crippen LogP contribution < -0.4 is 9.47 Å². The molecule has 0 aliphatic rings. The highest BCUT2D eigenvalue weighted by Gasteiger charge is 2.66. The number of hydrogen-bond donors (Lipinski definition) is 0. The minimum absolute atomic E-state index is 0.296. The Kier molecular flexibility index (Phi) is 10.6. The molecule has 8 nitrogen and oxygen atoms in total. The summed E-state index contributed by atoms with van der Waals surface area (Å²) in [6.45, 7) is 6.74. The number of alkyl halides is 10. The summed E-state index contributed by atoms with van der Waals surface area (Å²) in [5, 5.41) is 0. The van der Waals surface area contributed by atoms with Gasteiger partial charge < -0.3 is 19.1 Å². The van der Waals surface area contributed by atoms with E-state index in [1.807, 2.05) is 0 Å². The Morgan fingerprint density at radius 3 is 1.49 bits per heavy atom. The number of carbonyl (C=O) groups is 4. The van der Waals surface area contributed by atoms with E-state index in [9.17, 15) is 63.1 Å². The van der Waals surface area contributed by atoms with Gasteiger partial charge in [0.2, 0.25) is 0 Å². The monoisotopic (exact) mass is 643 g/mol. The molecular formula is C25H27F10NO7. The van der Waals surface area contributed by atoms with Crippen LogP contribution in [0, 0.1) is 10.8 Å². The number of halogens is 10. The van der Waals surface area contributed by atoms with E-state index < -0.39 is 93.5 Å². The average molecular weight is 643 g/mol. The molecule has 0 fully saturated rings. The number of esters is 3. The molecule has 0 aromatic heterocycles. The molecular weight excluding hydrogens is 616 g/mol. The van der Waals surface area contributed by atoms with Crippen molar-refractivity contribution in [3.8, 4) is 11.5 Å². The average Bonchev–Trinajstić information content (AvgIpc) is 2.81. The van der Waals surface area contributed by atoms with Gasteiger partial charge in [-0.15, -0.1) is 0 Å². The molecule has 244 valence electrons. The van der Waals surface area contributed by atoms with Gasteiger partial charge >= 0.3 is 48.0 Å². The van der Waals surface area contributed by atoms with Crippen molar-refractivity contribution < 1.29 is 77.3 Å². The van der Waals surface area contributed by atoms with Gasteiger partial charge in [-0.3, -0.25) is 14.4 Å². The highest BCUT2D eigenvalue weighted by Crippen LogP contribution is 2.41. The second kappa shape index (κ2) is 12.2. The van der Waals surface area contributed by atoms with Crippen molar-refractivity contribution in [1.29, 1.82) is 0 Å². The minimum atomic E-state index is -6.52. The molecule has 1 aromatic rings. The summed E-state index contributed by atoms with van der Waals surface area (Å²) in [5.41, 5.74) is -3.15. The molecule has 1 aromatic carbocycles. The Morgan fingerprint density at radius 1 is 0.674 bits per heavy atom. The van der Waals surface area contributed by atoms with Gasteiger partial charge in [-0.25, -0.2) is 4.79 Å². The van der Waals surface area contributed by atoms with Gasteiger partial charge in [0, 0.05) is 7.05 Å². The number of amides is 1. The van der Waals surface area contributed by atoms with Crippen LogP contribution in [0.15, 0.2) is 18.2 Å². The maximum absolute atomic E-state index is 13.7. The van der Waals surface area contributed by atoms with Crippen LogP contribution in [-0.4, -0.2) is 66.5 Å². The fourth-order valence-electron chi connectivity index (χ4n) is 2.62. The number of benzene rings is 1. The number of ether oxygens (including phenoxy) is 3. The smallest absolute Gasteiger partial charge is 0.451 e. The van der Waals surface area contributed by atoms with Crippen molar-refractivity contribution in [2.24, 2.45) is 10.8 Å². The number of likely N-dealkylation sites (N-methyl/N-ethyl adjacent to an activating group) is 1. The lowest BCUT2D eigenvalue weighted by molar-refractivity contribution is -0.283. The van der Waals surface area contributed by atoms with Crippen LogP contribution in [0.4, 0.5) is 43.9 Å². The molecule has 0 saturated heterocycles. The SMILES string of the molecule is CN(CC(OC(=O)C(F)(F)C(F)(F)F)c1ccc(OC(=O)C(C)(C)C)c(OC(=O)C(C)(C)C)c1)C(=O)C(F)(F)C(F)(F)F. The van der Waals surface area contributed by atoms with E-state index in [-0.39, 0.29) is 0 Å². The molecule has 0 saturated carbocycles. The normalized spacial score (nSPS) is 14.1. The van der Waals surface area contributed by atoms with Crippen LogP contribution in [0.25, 0.3) is 0 Å². The number of nitrogens with zero attached hydrogens (tertiary/aromatic N) is 1. The van der Waals surface area contributed by atoms with Crippen LogP contribution in [0.1, 0.15) is 53.2 Å². The lowest BCUT2D eigenvalue weighted by Gasteiger charge is -2.29. The quantitative estimate of drug-likeness (QED) is 0.194. The predicted octanol–water partition coefficient (Wildman–Crippen LogP) is 6.03. The molecule has 0 heterocycles. The van der Waals surface area contributed by atoms with Gasteiger partial charge in [0.05, 0.1) is 17.4 Å². The zero-order chi connectivity index (χ0) is 34.1. The third kappa shape index (κ3) is 8.95. The van der Waals surface area contributed by atoms with Crippen molar-refractivity contribution in [1.82, 2.24) is 4.90 Å². The Morgan fingerprint density at radius 2 is 1.09 bits per heavy atom. The van der Waals surface area contributed by atoms with Crippen LogP contribution in [0.5, 0.6) is 11.5 Å². The Labute approximate surface area is 238 Å². The van der Waals surface area contributed by atoms with Crippen LogP contribution >= 0.6 is 0 Å². The molecule has 1 unspecified atom stereocenters. The maximum Gasteiger partial charge on any atom is 0.465 e. The first-order chi connectivity index (χ1) is 18.9. The molecule has 0 aliphatic carbocycles. The largest absolute Gasteiger partial charge is 0.465 e. The molecule has 43 heavy (non-hydrogen) atoms. The first-order valence-electron chi connectivity index (χ1n) is 11.9. The van der Waals surface area contributed by atoms with Gasteiger partial charge in [-0.2, -0.15) is 43.9 Å². The molecule has 0 N–H and O–H groups in total. The molecule has 18 heteroatoms. The zero-order valence-electron chi connectivity index (χ0n) is 23.6. The fraction of sp³-hybridized carbons (Fsp3) is 0.600. The lowest BCUT2D eigenvalue weighted by Crippen LogP contribution is -2.52. The van der Waals surface area contributed by atoms with Gasteiger partial charge in [0.15, 0.2) is 11.5 Å². The van der Waals surface area contributed by atoms with E-state index >= 15 is 0 Å². The lowest BCUT2D eigenvalue weighted by atomic mass is 9.97. The van der Waals surface area contributed by atoms with Crippen molar-refractivity contribution in [2.45, 2.75) is 71.8 Å². The number of carbonyl (C=O) groups excluding carboxylic acids is 4. The number of rotatable bonds is 8. The van der Waals surface area contributed by atoms with Crippen LogP contribution in [0.2, 0.25) is 0 Å². The molecule has 0 spiro atoms. The van der Waals surface area contributed by atoms with E-state index in [4.69, 9.17) is 9.47 Å². The molecule has 1 atom stereocenters. The third-order valence-electron chi connectivity index (χ3n) is 5.24. The summed E-state index contributed by atoms with van der Waals surface area (Å²) in [5.74, 6) is -21.7. The molecule has 1 amide bonds. The van der Waals surface area contributed by atoms with E-state index in [0.29, 0.717) is 13.1 Å². The summed E-state index contributed by atoms with van der Waals surface area (Å²) >= 11 is 0. The van der Waals surface area contributed by atoms with Crippen LogP contribution in [-0.2, 0) is 23.9 Å². The standard InChI is InChI=1S/C25H27F10NO7/c1-20(2,3)17(38)41-13-9-8-12(10-14(13)42-18(39)21(4,5)6)15(43-19(40)23(28,29)25(33,34)35)11-36(7)16(37)22(26,27)24(30,31)32/h8-10,15H,11H2,1-7H3. The summed E-state index contributed by atoms with van der Waals surface area (Å²) in [6.07, 6.45) is -15.5. The summed E-state index contributed by atoms with van der Waals surface area (Å²) in [6, 6.07) is 2.13. The predicted molar refractivity (Wildman–Crippen MR) is 125 cm³/mol. The Hall–Kier alpha value is -3.60. The van der Waals surface area contributed by atoms with Crippen molar-refractivity contribution in [3.63, 3.8) is 0 Å². The van der Waals surface area contributed by atoms with Gasteiger partial charge in [-0.1, -0.05) is 6.07 Å². The first kappa shape index (κ1) is 37.4. The second-order valence-electron chi connectivity index (χ2n) is 11.2. The zero-order valence-corrected chi connectivity index (χ0v) is 23.6. The second-order valence-corrected chi connectivity index (χ2v) is 11.2. The topological polar surface area (TPSA) is 99.2 Å². The van der Waals surface area contributed by atoms with Crippen molar-refractivity contribution >= 4 is 23.8 Å². The Balaban J connectivity index is 3.75. The fourth-order valence-corrected chi connectivity index (χ4v) is 2.62.